The van der Waals surface area contributed by atoms with E-state index >= 15 is 0 Å². The van der Waals surface area contributed by atoms with Crippen molar-refractivity contribution in [2.45, 2.75) is 19.4 Å². The molecule has 0 aliphatic heterocycles. The van der Waals surface area contributed by atoms with Crippen LogP contribution in [-0.2, 0) is 0 Å². The first-order valence-electron chi connectivity index (χ1n) is 7.01. The summed E-state index contributed by atoms with van der Waals surface area (Å²) in [6.45, 7) is 2.71. The maximum atomic E-state index is 14.2. The highest BCUT2D eigenvalue weighted by atomic mass is 79.9. The van der Waals surface area contributed by atoms with Gasteiger partial charge >= 0.3 is 0 Å². The van der Waals surface area contributed by atoms with Crippen molar-refractivity contribution < 1.29 is 9.13 Å². The van der Waals surface area contributed by atoms with Crippen molar-refractivity contribution in [3.05, 3.63) is 63.9 Å². The quantitative estimate of drug-likeness (QED) is 0.815. The molecule has 0 aliphatic carbocycles. The third kappa shape index (κ3) is 3.83. The van der Waals surface area contributed by atoms with Gasteiger partial charge in [0.05, 0.1) is 12.6 Å². The van der Waals surface area contributed by atoms with E-state index in [1.165, 1.54) is 6.07 Å². The second-order valence-corrected chi connectivity index (χ2v) is 5.69. The van der Waals surface area contributed by atoms with Crippen LogP contribution in [0, 0.1) is 5.82 Å². The Morgan fingerprint density at radius 2 is 1.95 bits per heavy atom. The zero-order chi connectivity index (χ0) is 15.2. The number of ether oxygens (including phenoxy) is 1. The van der Waals surface area contributed by atoms with E-state index in [1.54, 1.807) is 12.1 Å². The molecule has 2 aromatic rings. The van der Waals surface area contributed by atoms with E-state index in [0.29, 0.717) is 12.2 Å². The fourth-order valence-corrected chi connectivity index (χ4v) is 2.66. The molecule has 0 saturated carbocycles. The van der Waals surface area contributed by atoms with E-state index in [-0.39, 0.29) is 11.9 Å². The topological polar surface area (TPSA) is 21.3 Å². The first-order valence-corrected chi connectivity index (χ1v) is 7.80. The molecule has 1 N–H and O–H groups in total. The monoisotopic (exact) mass is 351 g/mol. The predicted molar refractivity (Wildman–Crippen MR) is 87.2 cm³/mol. The van der Waals surface area contributed by atoms with Crippen LogP contribution >= 0.6 is 15.9 Å². The van der Waals surface area contributed by atoms with Crippen LogP contribution in [0.25, 0.3) is 0 Å². The Labute approximate surface area is 133 Å². The van der Waals surface area contributed by atoms with Crippen molar-refractivity contribution in [1.82, 2.24) is 5.32 Å². The smallest absolute Gasteiger partial charge is 0.128 e. The molecule has 0 aliphatic rings. The minimum absolute atomic E-state index is 0.233. The highest BCUT2D eigenvalue weighted by Gasteiger charge is 2.20. The summed E-state index contributed by atoms with van der Waals surface area (Å²) >= 11 is 3.40. The average molecular weight is 352 g/mol. The summed E-state index contributed by atoms with van der Waals surface area (Å²) in [4.78, 5) is 0. The van der Waals surface area contributed by atoms with Gasteiger partial charge < -0.3 is 10.1 Å². The van der Waals surface area contributed by atoms with Gasteiger partial charge in [-0.2, -0.15) is 0 Å². The zero-order valence-corrected chi connectivity index (χ0v) is 13.8. The van der Waals surface area contributed by atoms with E-state index in [2.05, 4.69) is 28.2 Å². The van der Waals surface area contributed by atoms with Crippen LogP contribution < -0.4 is 10.1 Å². The maximum Gasteiger partial charge on any atom is 0.128 e. The molecule has 2 aromatic carbocycles. The third-order valence-electron chi connectivity index (χ3n) is 3.25. The molecule has 1 unspecified atom stereocenters. The van der Waals surface area contributed by atoms with E-state index < -0.39 is 0 Å². The van der Waals surface area contributed by atoms with Gasteiger partial charge in [0.25, 0.3) is 0 Å². The standard InChI is InChI=1S/C17H19BrFNO/c1-3-10-21-16-7-5-4-6-13(16)17(20-2)14-11-12(18)8-9-15(14)19/h4-9,11,17,20H,3,10H2,1-2H3. The molecule has 0 fully saturated rings. The normalized spacial score (nSPS) is 12.2. The molecule has 0 aromatic heterocycles. The Bertz CT molecular complexity index is 603. The number of nitrogens with one attached hydrogen (secondary N) is 1. The molecule has 1 atom stereocenters. The molecule has 0 heterocycles. The molecule has 2 rings (SSSR count). The van der Waals surface area contributed by atoms with Crippen molar-refractivity contribution >= 4 is 15.9 Å². The van der Waals surface area contributed by atoms with Crippen molar-refractivity contribution in [2.24, 2.45) is 0 Å². The average Bonchev–Trinajstić information content (AvgIpc) is 2.50. The summed E-state index contributed by atoms with van der Waals surface area (Å²) < 4.78 is 20.8. The Hall–Kier alpha value is -1.39. The maximum absolute atomic E-state index is 14.2. The van der Waals surface area contributed by atoms with Gasteiger partial charge in [0.15, 0.2) is 0 Å². The third-order valence-corrected chi connectivity index (χ3v) is 3.74. The zero-order valence-electron chi connectivity index (χ0n) is 12.2. The molecule has 0 spiro atoms. The second-order valence-electron chi connectivity index (χ2n) is 4.77. The lowest BCUT2D eigenvalue weighted by molar-refractivity contribution is 0.312. The molecular weight excluding hydrogens is 333 g/mol. The van der Waals surface area contributed by atoms with Crippen LogP contribution in [0.5, 0.6) is 5.75 Å². The molecule has 0 bridgehead atoms. The highest BCUT2D eigenvalue weighted by Crippen LogP contribution is 2.32. The summed E-state index contributed by atoms with van der Waals surface area (Å²) in [6.07, 6.45) is 0.934. The van der Waals surface area contributed by atoms with E-state index in [1.807, 2.05) is 31.3 Å². The molecule has 21 heavy (non-hydrogen) atoms. The van der Waals surface area contributed by atoms with E-state index in [0.717, 1.165) is 22.2 Å². The van der Waals surface area contributed by atoms with Crippen molar-refractivity contribution in [3.8, 4) is 5.75 Å². The van der Waals surface area contributed by atoms with Crippen LogP contribution in [-0.4, -0.2) is 13.7 Å². The predicted octanol–water partition coefficient (Wildman–Crippen LogP) is 4.69. The lowest BCUT2D eigenvalue weighted by atomic mass is 9.97. The summed E-state index contributed by atoms with van der Waals surface area (Å²) in [5.41, 5.74) is 1.53. The summed E-state index contributed by atoms with van der Waals surface area (Å²) in [5.74, 6) is 0.556. The Morgan fingerprint density at radius 3 is 2.67 bits per heavy atom. The molecule has 112 valence electrons. The SMILES string of the molecule is CCCOc1ccccc1C(NC)c1cc(Br)ccc1F. The lowest BCUT2D eigenvalue weighted by Crippen LogP contribution is -2.20. The highest BCUT2D eigenvalue weighted by molar-refractivity contribution is 9.10. The number of halogens is 2. The molecule has 2 nitrogen and oxygen atoms in total. The largest absolute Gasteiger partial charge is 0.493 e. The van der Waals surface area contributed by atoms with Crippen molar-refractivity contribution in [3.63, 3.8) is 0 Å². The first-order chi connectivity index (χ1) is 10.2. The summed E-state index contributed by atoms with van der Waals surface area (Å²) in [5, 5.41) is 3.18. The van der Waals surface area contributed by atoms with E-state index in [9.17, 15) is 4.39 Å². The van der Waals surface area contributed by atoms with E-state index in [4.69, 9.17) is 4.74 Å². The van der Waals surface area contributed by atoms with Crippen molar-refractivity contribution in [1.29, 1.82) is 0 Å². The Kier molecular flexibility index (Phi) is 5.76. The number of hydrogen-bond acceptors (Lipinski definition) is 2. The number of para-hydroxylation sites is 1. The van der Waals surface area contributed by atoms with Gasteiger partial charge in [-0.25, -0.2) is 4.39 Å². The second kappa shape index (κ2) is 7.57. The Morgan fingerprint density at radius 1 is 1.19 bits per heavy atom. The number of benzene rings is 2. The van der Waals surface area contributed by atoms with Gasteiger partial charge in [0.1, 0.15) is 11.6 Å². The molecule has 4 heteroatoms. The van der Waals surface area contributed by atoms with Crippen LogP contribution in [0.2, 0.25) is 0 Å². The van der Waals surface area contributed by atoms with Gasteiger partial charge in [-0.05, 0) is 37.7 Å². The van der Waals surface area contributed by atoms with Crippen molar-refractivity contribution in [2.75, 3.05) is 13.7 Å². The first kappa shape index (κ1) is 16.0. The van der Waals surface area contributed by atoms with Gasteiger partial charge in [0, 0.05) is 15.6 Å². The fraction of sp³-hybridized carbons (Fsp3) is 0.294. The molecule has 0 amide bonds. The fourth-order valence-electron chi connectivity index (χ4n) is 2.28. The van der Waals surface area contributed by atoms with Crippen LogP contribution in [0.15, 0.2) is 46.9 Å². The summed E-state index contributed by atoms with van der Waals surface area (Å²) in [6, 6.07) is 12.5. The lowest BCUT2D eigenvalue weighted by Gasteiger charge is -2.21. The van der Waals surface area contributed by atoms with Gasteiger partial charge in [-0.1, -0.05) is 41.1 Å². The molecular formula is C17H19BrFNO. The Balaban J connectivity index is 2.44. The summed E-state index contributed by atoms with van der Waals surface area (Å²) in [7, 11) is 1.82. The van der Waals surface area contributed by atoms with Gasteiger partial charge in [-0.15, -0.1) is 0 Å². The molecule has 0 radical (unpaired) electrons. The minimum Gasteiger partial charge on any atom is -0.493 e. The van der Waals surface area contributed by atoms with Gasteiger partial charge in [-0.3, -0.25) is 0 Å². The van der Waals surface area contributed by atoms with Crippen LogP contribution in [0.3, 0.4) is 0 Å². The van der Waals surface area contributed by atoms with Gasteiger partial charge in [0.2, 0.25) is 0 Å². The molecule has 0 saturated heterocycles. The number of hydrogen-bond donors (Lipinski definition) is 1. The van der Waals surface area contributed by atoms with Crippen LogP contribution in [0.1, 0.15) is 30.5 Å². The van der Waals surface area contributed by atoms with Crippen LogP contribution in [0.4, 0.5) is 4.39 Å². The minimum atomic E-state index is -0.254. The number of rotatable bonds is 6.